The average molecular weight is 510 g/mol. The first-order valence-electron chi connectivity index (χ1n) is 9.14. The zero-order valence-electron chi connectivity index (χ0n) is 16.5. The molecule has 0 aromatic heterocycles. The van der Waals surface area contributed by atoms with Crippen LogP contribution in [-0.2, 0) is 4.74 Å². The molecule has 0 bridgehead atoms. The van der Waals surface area contributed by atoms with Crippen LogP contribution in [0.25, 0.3) is 0 Å². The fourth-order valence-corrected chi connectivity index (χ4v) is 3.86. The molecule has 0 unspecified atom stereocenters. The van der Waals surface area contributed by atoms with E-state index in [4.69, 9.17) is 4.74 Å². The third kappa shape index (κ3) is 8.13. The van der Waals surface area contributed by atoms with Crippen LogP contribution in [0.1, 0.15) is 19.3 Å². The van der Waals surface area contributed by atoms with Crippen LogP contribution in [0.3, 0.4) is 0 Å². The maximum atomic E-state index is 12.9. The van der Waals surface area contributed by atoms with Gasteiger partial charge in [-0.25, -0.2) is 4.39 Å². The molecule has 1 saturated heterocycles. The second-order valence-corrected chi connectivity index (χ2v) is 7.91. The second-order valence-electron chi connectivity index (χ2n) is 6.74. The fourth-order valence-electron chi connectivity index (χ4n) is 3.00. The molecule has 0 amide bonds. The van der Waals surface area contributed by atoms with Gasteiger partial charge in [-0.3, -0.25) is 4.99 Å². The Morgan fingerprint density at radius 1 is 1.22 bits per heavy atom. The summed E-state index contributed by atoms with van der Waals surface area (Å²) in [7, 11) is 6.07. The zero-order valence-corrected chi connectivity index (χ0v) is 19.6. The van der Waals surface area contributed by atoms with Gasteiger partial charge in [0.15, 0.2) is 5.96 Å². The highest BCUT2D eigenvalue weighted by atomic mass is 127. The highest BCUT2D eigenvalue weighted by Crippen LogP contribution is 2.25. The Labute approximate surface area is 183 Å². The minimum atomic E-state index is -0.189. The number of hydrogen-bond acceptors (Lipinski definition) is 4. The number of rotatable bonds is 8. The molecule has 2 rings (SSSR count). The topological polar surface area (TPSA) is 48.9 Å². The minimum absolute atomic E-state index is 0. The summed E-state index contributed by atoms with van der Waals surface area (Å²) < 4.78 is 18.4. The molecule has 2 N–H and O–H groups in total. The van der Waals surface area contributed by atoms with Crippen LogP contribution in [0.4, 0.5) is 4.39 Å². The zero-order chi connectivity index (χ0) is 18.8. The summed E-state index contributed by atoms with van der Waals surface area (Å²) in [6, 6.07) is 6.65. The molecule has 1 aromatic carbocycles. The lowest BCUT2D eigenvalue weighted by Crippen LogP contribution is -2.57. The molecule has 0 radical (unpaired) electrons. The number of likely N-dealkylation sites (N-methyl/N-ethyl adjacent to an activating group) is 1. The molecule has 0 spiro atoms. The van der Waals surface area contributed by atoms with Crippen LogP contribution in [0.5, 0.6) is 0 Å². The Morgan fingerprint density at radius 3 is 2.48 bits per heavy atom. The van der Waals surface area contributed by atoms with Crippen molar-refractivity contribution < 1.29 is 9.13 Å². The molecule has 154 valence electrons. The molecule has 0 saturated carbocycles. The number of aliphatic imine (C=N–C) groups is 1. The summed E-state index contributed by atoms with van der Waals surface area (Å²) in [5, 5.41) is 6.85. The molecule has 27 heavy (non-hydrogen) atoms. The van der Waals surface area contributed by atoms with E-state index in [1.165, 1.54) is 12.1 Å². The number of nitrogens with one attached hydrogen (secondary N) is 2. The van der Waals surface area contributed by atoms with E-state index in [1.807, 2.05) is 12.1 Å². The predicted octanol–water partition coefficient (Wildman–Crippen LogP) is 3.20. The van der Waals surface area contributed by atoms with Crippen molar-refractivity contribution in [3.8, 4) is 0 Å². The Morgan fingerprint density at radius 2 is 1.89 bits per heavy atom. The lowest BCUT2D eigenvalue weighted by molar-refractivity contribution is -0.00501. The van der Waals surface area contributed by atoms with E-state index in [0.717, 1.165) is 62.2 Å². The van der Waals surface area contributed by atoms with Crippen molar-refractivity contribution in [3.63, 3.8) is 0 Å². The van der Waals surface area contributed by atoms with E-state index in [1.54, 1.807) is 18.8 Å². The second kappa shape index (κ2) is 12.8. The Kier molecular flexibility index (Phi) is 11.6. The molecule has 0 aliphatic carbocycles. The summed E-state index contributed by atoms with van der Waals surface area (Å²) in [6.45, 7) is 3.33. The molecular formula is C19H32FIN4OS. The third-order valence-corrected chi connectivity index (χ3v) is 5.97. The van der Waals surface area contributed by atoms with Gasteiger partial charge in [0.2, 0.25) is 0 Å². The Hall–Kier alpha value is -0.580. The average Bonchev–Trinajstić information content (AvgIpc) is 2.66. The van der Waals surface area contributed by atoms with Gasteiger partial charge >= 0.3 is 0 Å². The summed E-state index contributed by atoms with van der Waals surface area (Å²) in [4.78, 5) is 7.72. The standard InChI is InChI=1S/C19H31FN4OS.HI/c1-21-18(23-15-19(24(2)3)9-12-25-13-10-19)22-11-4-14-26-17-7-5-16(20)6-8-17;/h5-8H,4,9-15H2,1-3H3,(H2,21,22,23);1H. The monoisotopic (exact) mass is 510 g/mol. The molecule has 0 atom stereocenters. The van der Waals surface area contributed by atoms with Gasteiger partial charge in [0.1, 0.15) is 5.82 Å². The number of halogens is 2. The van der Waals surface area contributed by atoms with Crippen LogP contribution in [0.2, 0.25) is 0 Å². The lowest BCUT2D eigenvalue weighted by atomic mass is 9.88. The number of ether oxygens (including phenoxy) is 1. The van der Waals surface area contributed by atoms with Gasteiger partial charge in [-0.15, -0.1) is 35.7 Å². The predicted molar refractivity (Wildman–Crippen MR) is 123 cm³/mol. The molecule has 1 aromatic rings. The van der Waals surface area contributed by atoms with E-state index in [2.05, 4.69) is 34.6 Å². The van der Waals surface area contributed by atoms with E-state index in [9.17, 15) is 4.39 Å². The van der Waals surface area contributed by atoms with Gasteiger partial charge in [-0.05, 0) is 63.4 Å². The maximum absolute atomic E-state index is 12.9. The Balaban J connectivity index is 0.00000364. The number of thioether (sulfide) groups is 1. The van der Waals surface area contributed by atoms with Gasteiger partial charge in [-0.1, -0.05) is 0 Å². The van der Waals surface area contributed by atoms with Gasteiger partial charge in [0.05, 0.1) is 0 Å². The van der Waals surface area contributed by atoms with Crippen molar-refractivity contribution in [2.75, 3.05) is 53.2 Å². The number of benzene rings is 1. The number of hydrogen-bond donors (Lipinski definition) is 2. The highest BCUT2D eigenvalue weighted by molar-refractivity contribution is 14.0. The van der Waals surface area contributed by atoms with E-state index in [-0.39, 0.29) is 35.3 Å². The van der Waals surface area contributed by atoms with Crippen molar-refractivity contribution in [2.45, 2.75) is 29.7 Å². The van der Waals surface area contributed by atoms with Crippen LogP contribution in [0.15, 0.2) is 34.2 Å². The fraction of sp³-hybridized carbons (Fsp3) is 0.632. The molecular weight excluding hydrogens is 478 g/mol. The van der Waals surface area contributed by atoms with Gasteiger partial charge in [0, 0.05) is 43.8 Å². The molecule has 1 aliphatic heterocycles. The molecule has 8 heteroatoms. The summed E-state index contributed by atoms with van der Waals surface area (Å²) in [5.74, 6) is 1.63. The highest BCUT2D eigenvalue weighted by Gasteiger charge is 2.34. The van der Waals surface area contributed by atoms with Crippen molar-refractivity contribution in [3.05, 3.63) is 30.1 Å². The van der Waals surface area contributed by atoms with Gasteiger partial charge in [-0.2, -0.15) is 0 Å². The largest absolute Gasteiger partial charge is 0.381 e. The molecule has 1 heterocycles. The first-order chi connectivity index (χ1) is 12.6. The molecule has 1 fully saturated rings. The Bertz CT molecular complexity index is 565. The summed E-state index contributed by atoms with van der Waals surface area (Å²) >= 11 is 1.74. The molecule has 1 aliphatic rings. The molecule has 5 nitrogen and oxygen atoms in total. The normalized spacial score (nSPS) is 16.7. The smallest absolute Gasteiger partial charge is 0.191 e. The lowest BCUT2D eigenvalue weighted by Gasteiger charge is -2.43. The SMILES string of the molecule is CN=C(NCCCSc1ccc(F)cc1)NCC1(N(C)C)CCOCC1.I. The minimum Gasteiger partial charge on any atom is -0.381 e. The van der Waals surface area contributed by atoms with Crippen LogP contribution in [0, 0.1) is 5.82 Å². The number of nitrogens with zero attached hydrogens (tertiary/aromatic N) is 2. The van der Waals surface area contributed by atoms with E-state index >= 15 is 0 Å². The van der Waals surface area contributed by atoms with Gasteiger partial charge < -0.3 is 20.3 Å². The third-order valence-electron chi connectivity index (χ3n) is 4.88. The van der Waals surface area contributed by atoms with E-state index in [0.29, 0.717) is 0 Å². The first-order valence-corrected chi connectivity index (χ1v) is 10.1. The number of guanidine groups is 1. The summed E-state index contributed by atoms with van der Waals surface area (Å²) in [5.41, 5.74) is 0.119. The van der Waals surface area contributed by atoms with Crippen molar-refractivity contribution in [2.24, 2.45) is 4.99 Å². The first kappa shape index (κ1) is 24.5. The van der Waals surface area contributed by atoms with E-state index < -0.39 is 0 Å². The van der Waals surface area contributed by atoms with Crippen molar-refractivity contribution >= 4 is 41.7 Å². The van der Waals surface area contributed by atoms with Crippen molar-refractivity contribution in [1.82, 2.24) is 15.5 Å². The van der Waals surface area contributed by atoms with Crippen LogP contribution in [-0.4, -0.2) is 69.6 Å². The quantitative estimate of drug-likeness (QED) is 0.185. The maximum Gasteiger partial charge on any atom is 0.191 e. The van der Waals surface area contributed by atoms with Crippen LogP contribution >= 0.6 is 35.7 Å². The van der Waals surface area contributed by atoms with Crippen LogP contribution < -0.4 is 10.6 Å². The summed E-state index contributed by atoms with van der Waals surface area (Å²) in [6.07, 6.45) is 3.06. The van der Waals surface area contributed by atoms with Crippen molar-refractivity contribution in [1.29, 1.82) is 0 Å². The van der Waals surface area contributed by atoms with Gasteiger partial charge in [0.25, 0.3) is 0 Å².